The topological polar surface area (TPSA) is 21.3 Å². The van der Waals surface area contributed by atoms with Crippen molar-refractivity contribution in [3.8, 4) is 5.75 Å². The van der Waals surface area contributed by atoms with Gasteiger partial charge in [-0.1, -0.05) is 25.3 Å². The van der Waals surface area contributed by atoms with Crippen LogP contribution in [0.2, 0.25) is 0 Å². The predicted octanol–water partition coefficient (Wildman–Crippen LogP) is 4.39. The van der Waals surface area contributed by atoms with Crippen LogP contribution in [0, 0.1) is 12.8 Å². The van der Waals surface area contributed by atoms with Crippen LogP contribution in [0.15, 0.2) is 18.2 Å². The van der Waals surface area contributed by atoms with Crippen molar-refractivity contribution in [3.63, 3.8) is 0 Å². The molecule has 0 spiro atoms. The van der Waals surface area contributed by atoms with E-state index >= 15 is 0 Å². The Hall–Kier alpha value is -1.18. The number of aryl methyl sites for hydroxylation is 1. The van der Waals surface area contributed by atoms with E-state index in [4.69, 9.17) is 4.74 Å². The average molecular weight is 247 g/mol. The molecule has 2 rings (SSSR count). The molecule has 2 nitrogen and oxygen atoms in total. The van der Waals surface area contributed by atoms with Gasteiger partial charge in [0.15, 0.2) is 0 Å². The molecule has 1 fully saturated rings. The van der Waals surface area contributed by atoms with Crippen LogP contribution < -0.4 is 10.1 Å². The van der Waals surface area contributed by atoms with Gasteiger partial charge in [-0.25, -0.2) is 0 Å². The van der Waals surface area contributed by atoms with Crippen LogP contribution in [0.1, 0.15) is 44.6 Å². The van der Waals surface area contributed by atoms with Crippen LogP contribution in [0.3, 0.4) is 0 Å². The Morgan fingerprint density at radius 2 is 2.00 bits per heavy atom. The molecule has 1 aliphatic carbocycles. The molecule has 0 amide bonds. The molecule has 1 aromatic carbocycles. The summed E-state index contributed by atoms with van der Waals surface area (Å²) < 4.78 is 5.70. The van der Waals surface area contributed by atoms with Gasteiger partial charge in [0.05, 0.1) is 12.3 Å². The van der Waals surface area contributed by atoms with Gasteiger partial charge in [-0.05, 0) is 50.3 Å². The van der Waals surface area contributed by atoms with Crippen molar-refractivity contribution in [1.82, 2.24) is 0 Å². The van der Waals surface area contributed by atoms with E-state index in [0.29, 0.717) is 0 Å². The Kier molecular flexibility index (Phi) is 4.91. The molecule has 100 valence electrons. The van der Waals surface area contributed by atoms with Gasteiger partial charge >= 0.3 is 0 Å². The largest absolute Gasteiger partial charge is 0.492 e. The zero-order chi connectivity index (χ0) is 12.8. The minimum Gasteiger partial charge on any atom is -0.492 e. The third-order valence-electron chi connectivity index (χ3n) is 3.74. The van der Waals surface area contributed by atoms with Crippen molar-refractivity contribution < 1.29 is 4.74 Å². The van der Waals surface area contributed by atoms with Gasteiger partial charge in [0.25, 0.3) is 0 Å². The van der Waals surface area contributed by atoms with Gasteiger partial charge in [-0.2, -0.15) is 0 Å². The third kappa shape index (κ3) is 3.66. The molecule has 0 radical (unpaired) electrons. The molecule has 0 bridgehead atoms. The predicted molar refractivity (Wildman–Crippen MR) is 77.4 cm³/mol. The SMILES string of the molecule is CCOc1cc(C)ccc1NCC1CCCCC1. The molecule has 1 N–H and O–H groups in total. The Morgan fingerprint density at radius 1 is 1.22 bits per heavy atom. The fourth-order valence-electron chi connectivity index (χ4n) is 2.70. The van der Waals surface area contributed by atoms with Crippen LogP contribution in [0.25, 0.3) is 0 Å². The smallest absolute Gasteiger partial charge is 0.142 e. The standard InChI is InChI=1S/C16H25NO/c1-3-18-16-11-13(2)9-10-15(16)17-12-14-7-5-4-6-8-14/h9-11,14,17H,3-8,12H2,1-2H3. The summed E-state index contributed by atoms with van der Waals surface area (Å²) in [6.45, 7) is 5.95. The van der Waals surface area contributed by atoms with Crippen LogP contribution >= 0.6 is 0 Å². The fourth-order valence-corrected chi connectivity index (χ4v) is 2.70. The first kappa shape index (κ1) is 13.3. The van der Waals surface area contributed by atoms with Gasteiger partial charge in [-0.15, -0.1) is 0 Å². The highest BCUT2D eigenvalue weighted by molar-refractivity contribution is 5.57. The van der Waals surface area contributed by atoms with Crippen molar-refractivity contribution in [2.75, 3.05) is 18.5 Å². The second kappa shape index (κ2) is 6.67. The van der Waals surface area contributed by atoms with Gasteiger partial charge in [0.1, 0.15) is 5.75 Å². The van der Waals surface area contributed by atoms with Crippen molar-refractivity contribution in [2.45, 2.75) is 46.0 Å². The number of benzene rings is 1. The second-order valence-electron chi connectivity index (χ2n) is 5.32. The van der Waals surface area contributed by atoms with Gasteiger partial charge < -0.3 is 10.1 Å². The van der Waals surface area contributed by atoms with Crippen LogP contribution in [-0.4, -0.2) is 13.2 Å². The maximum Gasteiger partial charge on any atom is 0.142 e. The summed E-state index contributed by atoms with van der Waals surface area (Å²) in [5, 5.41) is 3.57. The lowest BCUT2D eigenvalue weighted by Gasteiger charge is -2.23. The van der Waals surface area contributed by atoms with Crippen LogP contribution in [0.4, 0.5) is 5.69 Å². The van der Waals surface area contributed by atoms with E-state index in [1.54, 1.807) is 0 Å². The summed E-state index contributed by atoms with van der Waals surface area (Å²) >= 11 is 0. The Bertz CT molecular complexity index is 369. The lowest BCUT2D eigenvalue weighted by Crippen LogP contribution is -2.17. The zero-order valence-electron chi connectivity index (χ0n) is 11.7. The summed E-state index contributed by atoms with van der Waals surface area (Å²) in [6.07, 6.45) is 6.98. The molecule has 0 aliphatic heterocycles. The van der Waals surface area contributed by atoms with E-state index in [2.05, 4.69) is 30.4 Å². The summed E-state index contributed by atoms with van der Waals surface area (Å²) in [5.74, 6) is 1.84. The summed E-state index contributed by atoms with van der Waals surface area (Å²) in [6, 6.07) is 6.40. The molecule has 1 aliphatic rings. The minimum absolute atomic E-state index is 0.724. The molecule has 1 saturated carbocycles. The van der Waals surface area contributed by atoms with Gasteiger partial charge in [-0.3, -0.25) is 0 Å². The van der Waals surface area contributed by atoms with Crippen molar-refractivity contribution in [2.24, 2.45) is 5.92 Å². The van der Waals surface area contributed by atoms with Gasteiger partial charge in [0, 0.05) is 6.54 Å². The van der Waals surface area contributed by atoms with Gasteiger partial charge in [0.2, 0.25) is 0 Å². The first-order chi connectivity index (χ1) is 8.79. The highest BCUT2D eigenvalue weighted by atomic mass is 16.5. The van der Waals surface area contributed by atoms with Crippen molar-refractivity contribution >= 4 is 5.69 Å². The van der Waals surface area contributed by atoms with E-state index < -0.39 is 0 Å². The number of hydrogen-bond donors (Lipinski definition) is 1. The zero-order valence-corrected chi connectivity index (χ0v) is 11.7. The summed E-state index contributed by atoms with van der Waals surface area (Å²) in [5.41, 5.74) is 2.40. The van der Waals surface area contributed by atoms with E-state index in [1.165, 1.54) is 37.7 Å². The first-order valence-electron chi connectivity index (χ1n) is 7.27. The maximum atomic E-state index is 5.70. The van der Waals surface area contributed by atoms with E-state index in [1.807, 2.05) is 6.92 Å². The van der Waals surface area contributed by atoms with E-state index in [0.717, 1.165) is 30.5 Å². The summed E-state index contributed by atoms with van der Waals surface area (Å²) in [4.78, 5) is 0. The molecule has 0 aromatic heterocycles. The average Bonchev–Trinajstić information content (AvgIpc) is 2.39. The van der Waals surface area contributed by atoms with Crippen molar-refractivity contribution in [3.05, 3.63) is 23.8 Å². The van der Waals surface area contributed by atoms with Crippen molar-refractivity contribution in [1.29, 1.82) is 0 Å². The highest BCUT2D eigenvalue weighted by Gasteiger charge is 2.13. The Morgan fingerprint density at radius 3 is 2.72 bits per heavy atom. The van der Waals surface area contributed by atoms with Crippen LogP contribution in [-0.2, 0) is 0 Å². The number of ether oxygens (including phenoxy) is 1. The molecule has 1 aromatic rings. The second-order valence-corrected chi connectivity index (χ2v) is 5.32. The molecule has 0 heterocycles. The molecular weight excluding hydrogens is 222 g/mol. The normalized spacial score (nSPS) is 16.6. The highest BCUT2D eigenvalue weighted by Crippen LogP contribution is 2.28. The number of rotatable bonds is 5. The lowest BCUT2D eigenvalue weighted by atomic mass is 9.89. The molecule has 18 heavy (non-hydrogen) atoms. The Balaban J connectivity index is 1.94. The molecule has 0 atom stereocenters. The molecule has 0 saturated heterocycles. The first-order valence-corrected chi connectivity index (χ1v) is 7.27. The quantitative estimate of drug-likeness (QED) is 0.833. The Labute approximate surface area is 111 Å². The molecule has 0 unspecified atom stereocenters. The number of anilines is 1. The van der Waals surface area contributed by atoms with Crippen LogP contribution in [0.5, 0.6) is 5.75 Å². The monoisotopic (exact) mass is 247 g/mol. The lowest BCUT2D eigenvalue weighted by molar-refractivity contribution is 0.340. The fraction of sp³-hybridized carbons (Fsp3) is 0.625. The maximum absolute atomic E-state index is 5.70. The number of nitrogens with one attached hydrogen (secondary N) is 1. The van der Waals surface area contributed by atoms with E-state index in [-0.39, 0.29) is 0 Å². The minimum atomic E-state index is 0.724. The molecule has 2 heteroatoms. The third-order valence-corrected chi connectivity index (χ3v) is 3.74. The van der Waals surface area contributed by atoms with E-state index in [9.17, 15) is 0 Å². The molecular formula is C16H25NO. The number of hydrogen-bond acceptors (Lipinski definition) is 2. The summed E-state index contributed by atoms with van der Waals surface area (Å²) in [7, 11) is 0.